The molecule has 5 nitrogen and oxygen atoms in total. The van der Waals surface area contributed by atoms with Crippen molar-refractivity contribution in [3.05, 3.63) is 52.8 Å². The maximum Gasteiger partial charge on any atom is 0.252 e. The number of aryl methyl sites for hydroxylation is 1. The molecule has 25 heavy (non-hydrogen) atoms. The topological polar surface area (TPSA) is 81.4 Å². The van der Waals surface area contributed by atoms with E-state index in [1.807, 2.05) is 6.07 Å². The highest BCUT2D eigenvalue weighted by Crippen LogP contribution is 2.34. The number of rotatable bonds is 3. The minimum absolute atomic E-state index is 0.212. The van der Waals surface area contributed by atoms with E-state index in [-0.39, 0.29) is 17.0 Å². The maximum atomic E-state index is 14.0. The first-order valence-corrected chi connectivity index (χ1v) is 8.12. The number of carbonyl (C=O) groups excluding carboxylic acids is 2. The summed E-state index contributed by atoms with van der Waals surface area (Å²) in [4.78, 5) is 23.7. The zero-order valence-corrected chi connectivity index (χ0v) is 13.9. The largest absolute Gasteiger partial charge is 0.492 e. The molecule has 0 saturated carbocycles. The molecule has 0 bridgehead atoms. The highest BCUT2D eigenvalue weighted by atomic mass is 19.1. The number of primary amides is 1. The summed E-state index contributed by atoms with van der Waals surface area (Å²) in [5, 5.41) is 2.48. The predicted molar refractivity (Wildman–Crippen MR) is 92.2 cm³/mol. The fourth-order valence-electron chi connectivity index (χ4n) is 3.02. The Hall–Kier alpha value is -2.89. The molecule has 6 heteroatoms. The molecule has 0 radical (unpaired) electrons. The van der Waals surface area contributed by atoms with Crippen molar-refractivity contribution in [1.82, 2.24) is 5.32 Å². The van der Waals surface area contributed by atoms with Gasteiger partial charge in [-0.25, -0.2) is 4.39 Å². The van der Waals surface area contributed by atoms with Crippen LogP contribution in [0.4, 0.5) is 4.39 Å². The van der Waals surface area contributed by atoms with Crippen molar-refractivity contribution in [2.75, 3.05) is 13.7 Å². The minimum Gasteiger partial charge on any atom is -0.492 e. The second-order valence-electron chi connectivity index (χ2n) is 5.99. The van der Waals surface area contributed by atoms with E-state index in [4.69, 9.17) is 10.5 Å². The smallest absolute Gasteiger partial charge is 0.252 e. The van der Waals surface area contributed by atoms with E-state index >= 15 is 0 Å². The van der Waals surface area contributed by atoms with Crippen molar-refractivity contribution in [2.45, 2.75) is 19.3 Å². The van der Waals surface area contributed by atoms with E-state index < -0.39 is 11.7 Å². The van der Waals surface area contributed by atoms with Crippen LogP contribution >= 0.6 is 0 Å². The van der Waals surface area contributed by atoms with E-state index in [1.165, 1.54) is 19.2 Å². The second kappa shape index (κ2) is 6.93. The molecule has 2 aromatic rings. The number of carbonyl (C=O) groups is 2. The number of fused-ring (bicyclic) bond motifs is 1. The molecule has 3 rings (SSSR count). The highest BCUT2D eigenvalue weighted by molar-refractivity contribution is 5.98. The Morgan fingerprint density at radius 1 is 1.12 bits per heavy atom. The van der Waals surface area contributed by atoms with Gasteiger partial charge in [0.15, 0.2) is 0 Å². The average Bonchev–Trinajstić information content (AvgIpc) is 2.84. The molecule has 1 aliphatic heterocycles. The van der Waals surface area contributed by atoms with Crippen molar-refractivity contribution in [3.63, 3.8) is 0 Å². The van der Waals surface area contributed by atoms with Crippen molar-refractivity contribution in [3.8, 4) is 16.9 Å². The lowest BCUT2D eigenvalue weighted by molar-refractivity contribution is 0.0960. The predicted octanol–water partition coefficient (Wildman–Crippen LogP) is 2.67. The maximum absolute atomic E-state index is 14.0. The lowest BCUT2D eigenvalue weighted by Crippen LogP contribution is -2.18. The van der Waals surface area contributed by atoms with Crippen LogP contribution in [-0.4, -0.2) is 25.5 Å². The Kier molecular flexibility index (Phi) is 4.70. The molecule has 2 amide bonds. The Balaban J connectivity index is 2.16. The SMILES string of the molecule is CNC(=O)c1cc(F)cc(-c2cc3c(c(C(N)=O)c2)OCCCC3)c1. The van der Waals surface area contributed by atoms with Crippen LogP contribution in [0.2, 0.25) is 0 Å². The van der Waals surface area contributed by atoms with E-state index in [1.54, 1.807) is 12.1 Å². The summed E-state index contributed by atoms with van der Waals surface area (Å²) in [7, 11) is 1.48. The van der Waals surface area contributed by atoms with Crippen molar-refractivity contribution in [1.29, 1.82) is 0 Å². The first-order valence-electron chi connectivity index (χ1n) is 8.12. The summed E-state index contributed by atoms with van der Waals surface area (Å²) in [5.41, 5.74) is 8.00. The van der Waals surface area contributed by atoms with Crippen LogP contribution in [0.1, 0.15) is 39.1 Å². The van der Waals surface area contributed by atoms with Crippen LogP contribution in [0, 0.1) is 5.82 Å². The molecular weight excluding hydrogens is 323 g/mol. The number of hydrogen-bond donors (Lipinski definition) is 2. The molecule has 0 atom stereocenters. The van der Waals surface area contributed by atoms with Crippen LogP contribution in [0.5, 0.6) is 5.75 Å². The Bertz CT molecular complexity index is 849. The number of benzene rings is 2. The Morgan fingerprint density at radius 2 is 1.88 bits per heavy atom. The van der Waals surface area contributed by atoms with Crippen molar-refractivity contribution in [2.24, 2.45) is 5.73 Å². The second-order valence-corrected chi connectivity index (χ2v) is 5.99. The number of nitrogens with one attached hydrogen (secondary N) is 1. The summed E-state index contributed by atoms with van der Waals surface area (Å²) >= 11 is 0. The molecule has 3 N–H and O–H groups in total. The molecule has 0 fully saturated rings. The van der Waals surface area contributed by atoms with E-state index in [2.05, 4.69) is 5.32 Å². The van der Waals surface area contributed by atoms with Gasteiger partial charge in [-0.2, -0.15) is 0 Å². The van der Waals surface area contributed by atoms with Crippen LogP contribution in [0.15, 0.2) is 30.3 Å². The molecule has 130 valence electrons. The molecule has 1 heterocycles. The third kappa shape index (κ3) is 3.47. The van der Waals surface area contributed by atoms with Gasteiger partial charge in [0.05, 0.1) is 12.2 Å². The lowest BCUT2D eigenvalue weighted by atomic mass is 9.95. The Morgan fingerprint density at radius 3 is 2.60 bits per heavy atom. The third-order valence-corrected chi connectivity index (χ3v) is 4.24. The standard InChI is InChI=1S/C19H19FN2O3/c1-22-19(24)14-7-12(8-15(20)9-14)13-6-11-4-2-3-5-25-17(11)16(10-13)18(21)23/h6-10H,2-5H2,1H3,(H2,21,23)(H,22,24). The van der Waals surface area contributed by atoms with Gasteiger partial charge in [0.2, 0.25) is 0 Å². The van der Waals surface area contributed by atoms with Gasteiger partial charge >= 0.3 is 0 Å². The van der Waals surface area contributed by atoms with Crippen molar-refractivity contribution >= 4 is 11.8 Å². The number of halogens is 1. The van der Waals surface area contributed by atoms with E-state index in [0.29, 0.717) is 23.5 Å². The first-order chi connectivity index (χ1) is 12.0. The zero-order valence-electron chi connectivity index (χ0n) is 13.9. The van der Waals surface area contributed by atoms with Gasteiger partial charge in [-0.05, 0) is 66.3 Å². The van der Waals surface area contributed by atoms with Gasteiger partial charge in [-0.1, -0.05) is 0 Å². The summed E-state index contributed by atoms with van der Waals surface area (Å²) in [5.74, 6) is -0.989. The fraction of sp³-hybridized carbons (Fsp3) is 0.263. The van der Waals surface area contributed by atoms with Gasteiger partial charge in [0.1, 0.15) is 11.6 Å². The quantitative estimate of drug-likeness (QED) is 0.900. The normalized spacial score (nSPS) is 13.4. The molecule has 0 aliphatic carbocycles. The first kappa shape index (κ1) is 17.0. The number of ether oxygens (including phenoxy) is 1. The number of nitrogens with two attached hydrogens (primary N) is 1. The molecule has 0 unspecified atom stereocenters. The summed E-state index contributed by atoms with van der Waals surface area (Å²) < 4.78 is 19.7. The number of amides is 2. The Labute approximate surface area is 145 Å². The molecular formula is C19H19FN2O3. The summed E-state index contributed by atoms with van der Waals surface area (Å²) in [6.07, 6.45) is 2.57. The zero-order chi connectivity index (χ0) is 18.0. The molecule has 0 spiro atoms. The average molecular weight is 342 g/mol. The molecule has 1 aliphatic rings. The molecule has 0 saturated heterocycles. The minimum atomic E-state index is -0.595. The van der Waals surface area contributed by atoms with E-state index in [0.717, 1.165) is 24.8 Å². The number of hydrogen-bond acceptors (Lipinski definition) is 3. The molecule has 0 aromatic heterocycles. The third-order valence-electron chi connectivity index (χ3n) is 4.24. The van der Waals surface area contributed by atoms with Crippen LogP contribution in [0.25, 0.3) is 11.1 Å². The van der Waals surface area contributed by atoms with Gasteiger partial charge < -0.3 is 15.8 Å². The monoisotopic (exact) mass is 342 g/mol. The van der Waals surface area contributed by atoms with Gasteiger partial charge in [0, 0.05) is 12.6 Å². The van der Waals surface area contributed by atoms with Gasteiger partial charge in [0.25, 0.3) is 11.8 Å². The summed E-state index contributed by atoms with van der Waals surface area (Å²) in [6.45, 7) is 0.535. The van der Waals surface area contributed by atoms with Gasteiger partial charge in [-0.15, -0.1) is 0 Å². The van der Waals surface area contributed by atoms with Gasteiger partial charge in [-0.3, -0.25) is 9.59 Å². The van der Waals surface area contributed by atoms with Crippen LogP contribution < -0.4 is 15.8 Å². The lowest BCUT2D eigenvalue weighted by Gasteiger charge is -2.14. The van der Waals surface area contributed by atoms with Crippen molar-refractivity contribution < 1.29 is 18.7 Å². The van der Waals surface area contributed by atoms with E-state index in [9.17, 15) is 14.0 Å². The molecule has 2 aromatic carbocycles. The highest BCUT2D eigenvalue weighted by Gasteiger charge is 2.20. The summed E-state index contributed by atoms with van der Waals surface area (Å²) in [6, 6.07) is 7.55. The van der Waals surface area contributed by atoms with Crippen LogP contribution in [0.3, 0.4) is 0 Å². The van der Waals surface area contributed by atoms with Crippen LogP contribution in [-0.2, 0) is 6.42 Å². The fourth-order valence-corrected chi connectivity index (χ4v) is 3.02.